The van der Waals surface area contributed by atoms with E-state index in [-0.39, 0.29) is 11.3 Å². The van der Waals surface area contributed by atoms with E-state index in [0.29, 0.717) is 11.5 Å². The van der Waals surface area contributed by atoms with E-state index < -0.39 is 0 Å². The van der Waals surface area contributed by atoms with Gasteiger partial charge >= 0.3 is 0 Å². The Kier molecular flexibility index (Phi) is 4.55. The van der Waals surface area contributed by atoms with Gasteiger partial charge in [-0.25, -0.2) is 4.98 Å². The summed E-state index contributed by atoms with van der Waals surface area (Å²) in [6, 6.07) is 0.261. The van der Waals surface area contributed by atoms with Crippen LogP contribution in [0.1, 0.15) is 20.8 Å². The summed E-state index contributed by atoms with van der Waals surface area (Å²) < 4.78 is 0. The minimum absolute atomic E-state index is 0.206. The molecule has 2 aromatic rings. The molecular weight excluding hydrogens is 264 g/mol. The van der Waals surface area contributed by atoms with Gasteiger partial charge in [-0.3, -0.25) is 0 Å². The number of halogens is 1. The fourth-order valence-corrected chi connectivity index (χ4v) is 2.22. The quantitative estimate of drug-likeness (QED) is 0.795. The molecule has 0 spiro atoms. The van der Waals surface area contributed by atoms with Gasteiger partial charge in [0.25, 0.3) is 0 Å². The van der Waals surface area contributed by atoms with E-state index in [1.807, 2.05) is 0 Å². The molecule has 0 aliphatic rings. The number of likely N-dealkylation sites (N-methyl/N-ethyl adjacent to an activating group) is 1. The lowest BCUT2D eigenvalue weighted by molar-refractivity contribution is 0.294. The Morgan fingerprint density at radius 1 is 1.37 bits per heavy atom. The van der Waals surface area contributed by atoms with Gasteiger partial charge in [0.2, 0.25) is 5.28 Å². The summed E-state index contributed by atoms with van der Waals surface area (Å²) >= 11 is 5.90. The van der Waals surface area contributed by atoms with Crippen LogP contribution in [-0.2, 0) is 0 Å². The van der Waals surface area contributed by atoms with E-state index >= 15 is 0 Å². The molecule has 2 aromatic heterocycles. The maximum Gasteiger partial charge on any atom is 0.226 e. The highest BCUT2D eigenvalue weighted by Crippen LogP contribution is 2.19. The second-order valence-corrected chi connectivity index (χ2v) is 4.81. The van der Waals surface area contributed by atoms with Crippen LogP contribution in [-0.4, -0.2) is 50.5 Å². The number of aromatic nitrogens is 4. The molecule has 0 radical (unpaired) electrons. The first kappa shape index (κ1) is 14.0. The molecule has 0 aliphatic heterocycles. The van der Waals surface area contributed by atoms with E-state index in [1.165, 1.54) is 0 Å². The molecule has 0 saturated heterocycles. The fraction of sp³-hybridized carbons (Fsp3) is 0.583. The molecule has 1 atom stereocenters. The number of H-pyrrole nitrogens is 1. The van der Waals surface area contributed by atoms with Crippen LogP contribution in [0, 0.1) is 0 Å². The Balaban J connectivity index is 2.14. The third kappa shape index (κ3) is 3.33. The van der Waals surface area contributed by atoms with Gasteiger partial charge in [-0.15, -0.1) is 0 Å². The highest BCUT2D eigenvalue weighted by atomic mass is 35.5. The van der Waals surface area contributed by atoms with Crippen LogP contribution in [0.2, 0.25) is 5.28 Å². The van der Waals surface area contributed by atoms with Crippen molar-refractivity contribution in [1.29, 1.82) is 0 Å². The first-order chi connectivity index (χ1) is 9.13. The van der Waals surface area contributed by atoms with Crippen molar-refractivity contribution in [2.24, 2.45) is 0 Å². The van der Waals surface area contributed by atoms with Gasteiger partial charge in [-0.05, 0) is 31.6 Å². The summed E-state index contributed by atoms with van der Waals surface area (Å²) in [7, 11) is 0. The normalized spacial score (nSPS) is 13.1. The summed E-state index contributed by atoms with van der Waals surface area (Å²) in [6.07, 6.45) is 1.59. The van der Waals surface area contributed by atoms with Crippen molar-refractivity contribution in [2.45, 2.75) is 26.8 Å². The zero-order chi connectivity index (χ0) is 13.8. The number of nitrogens with zero attached hydrogens (tertiary/aromatic N) is 4. The lowest BCUT2D eigenvalue weighted by Gasteiger charge is -2.23. The predicted octanol–water partition coefficient (Wildman–Crippen LogP) is 2.15. The summed E-state index contributed by atoms with van der Waals surface area (Å²) in [5.41, 5.74) is 1.37. The largest absolute Gasteiger partial charge is 0.364 e. The molecule has 0 bridgehead atoms. The second-order valence-electron chi connectivity index (χ2n) is 4.47. The SMILES string of the molecule is CCN(CC)CC(C)Nc1nc(Cl)nc2nc[nH]c12. The molecule has 0 aromatic carbocycles. The molecule has 0 aliphatic carbocycles. The molecule has 6 nitrogen and oxygen atoms in total. The smallest absolute Gasteiger partial charge is 0.226 e. The lowest BCUT2D eigenvalue weighted by Crippen LogP contribution is -2.35. The van der Waals surface area contributed by atoms with Crippen molar-refractivity contribution in [1.82, 2.24) is 24.8 Å². The third-order valence-corrected chi connectivity index (χ3v) is 3.24. The molecule has 104 valence electrons. The molecule has 0 amide bonds. The molecule has 0 saturated carbocycles. The van der Waals surface area contributed by atoms with Crippen molar-refractivity contribution in [2.75, 3.05) is 25.0 Å². The van der Waals surface area contributed by atoms with Crippen molar-refractivity contribution in [3.05, 3.63) is 11.6 Å². The maximum atomic E-state index is 5.90. The number of fused-ring (bicyclic) bond motifs is 1. The number of aromatic amines is 1. The van der Waals surface area contributed by atoms with E-state index in [9.17, 15) is 0 Å². The molecule has 7 heteroatoms. The molecule has 2 rings (SSSR count). The Morgan fingerprint density at radius 3 is 2.79 bits per heavy atom. The van der Waals surface area contributed by atoms with E-state index in [2.05, 4.69) is 50.9 Å². The topological polar surface area (TPSA) is 69.7 Å². The Hall–Kier alpha value is -1.40. The van der Waals surface area contributed by atoms with E-state index in [4.69, 9.17) is 11.6 Å². The molecule has 1 unspecified atom stereocenters. The summed E-state index contributed by atoms with van der Waals surface area (Å²) in [5, 5.41) is 3.57. The highest BCUT2D eigenvalue weighted by Gasteiger charge is 2.12. The average molecular weight is 283 g/mol. The summed E-state index contributed by atoms with van der Waals surface area (Å²) in [5.74, 6) is 0.701. The number of nitrogens with one attached hydrogen (secondary N) is 2. The molecule has 2 N–H and O–H groups in total. The Labute approximate surface area is 117 Å². The standard InChI is InChI=1S/C12H19ClN6/c1-4-19(5-2)6-8(3)16-11-9-10(15-7-14-9)17-12(13)18-11/h7-8H,4-6H2,1-3H3,(H2,14,15,16,17,18). The van der Waals surface area contributed by atoms with Gasteiger partial charge in [0.1, 0.15) is 5.52 Å². The zero-order valence-electron chi connectivity index (χ0n) is 11.4. The number of imidazole rings is 1. The molecule has 19 heavy (non-hydrogen) atoms. The number of anilines is 1. The van der Waals surface area contributed by atoms with Gasteiger partial charge in [0.05, 0.1) is 6.33 Å². The highest BCUT2D eigenvalue weighted by molar-refractivity contribution is 6.28. The fourth-order valence-electron chi connectivity index (χ4n) is 2.06. The van der Waals surface area contributed by atoms with Crippen molar-refractivity contribution < 1.29 is 0 Å². The lowest BCUT2D eigenvalue weighted by atomic mass is 10.3. The van der Waals surface area contributed by atoms with Crippen LogP contribution in [0.15, 0.2) is 6.33 Å². The van der Waals surface area contributed by atoms with E-state index in [1.54, 1.807) is 6.33 Å². The van der Waals surface area contributed by atoms with Crippen LogP contribution < -0.4 is 5.32 Å². The molecule has 0 fully saturated rings. The van der Waals surface area contributed by atoms with Gasteiger partial charge in [0, 0.05) is 12.6 Å². The predicted molar refractivity (Wildman–Crippen MR) is 77.6 cm³/mol. The van der Waals surface area contributed by atoms with Crippen LogP contribution in [0.3, 0.4) is 0 Å². The first-order valence-corrected chi connectivity index (χ1v) is 6.87. The van der Waals surface area contributed by atoms with Crippen molar-refractivity contribution in [3.8, 4) is 0 Å². The summed E-state index contributed by atoms with van der Waals surface area (Å²) in [6.45, 7) is 9.45. The third-order valence-electron chi connectivity index (χ3n) is 3.07. The average Bonchev–Trinajstić information content (AvgIpc) is 2.84. The first-order valence-electron chi connectivity index (χ1n) is 6.49. The molecule has 2 heterocycles. The number of hydrogen-bond donors (Lipinski definition) is 2. The van der Waals surface area contributed by atoms with Gasteiger partial charge in [-0.1, -0.05) is 13.8 Å². The molecular formula is C12H19ClN6. The number of rotatable bonds is 6. The minimum Gasteiger partial charge on any atom is -0.364 e. The van der Waals surface area contributed by atoms with Gasteiger partial charge in [0.15, 0.2) is 11.5 Å². The monoisotopic (exact) mass is 282 g/mol. The maximum absolute atomic E-state index is 5.90. The van der Waals surface area contributed by atoms with Crippen LogP contribution in [0.25, 0.3) is 11.2 Å². The van der Waals surface area contributed by atoms with Gasteiger partial charge < -0.3 is 15.2 Å². The minimum atomic E-state index is 0.206. The Bertz CT molecular complexity index is 536. The van der Waals surface area contributed by atoms with Crippen molar-refractivity contribution >= 4 is 28.6 Å². The Morgan fingerprint density at radius 2 is 2.11 bits per heavy atom. The second kappa shape index (κ2) is 6.16. The van der Waals surface area contributed by atoms with Crippen molar-refractivity contribution in [3.63, 3.8) is 0 Å². The van der Waals surface area contributed by atoms with Crippen LogP contribution in [0.5, 0.6) is 0 Å². The van der Waals surface area contributed by atoms with Gasteiger partial charge in [-0.2, -0.15) is 9.97 Å². The zero-order valence-corrected chi connectivity index (χ0v) is 12.2. The summed E-state index contributed by atoms with van der Waals surface area (Å²) in [4.78, 5) is 17.8. The van der Waals surface area contributed by atoms with Crippen LogP contribution in [0.4, 0.5) is 5.82 Å². The van der Waals surface area contributed by atoms with Crippen LogP contribution >= 0.6 is 11.6 Å². The number of hydrogen-bond acceptors (Lipinski definition) is 5. The van der Waals surface area contributed by atoms with E-state index in [0.717, 1.165) is 25.2 Å².